The number of aryl methyl sites for hydroxylation is 1. The molecular weight excluding hydrogens is 444 g/mol. The molecule has 1 N–H and O–H groups in total. The second-order valence-electron chi connectivity index (χ2n) is 7.90. The van der Waals surface area contributed by atoms with Crippen LogP contribution in [-0.4, -0.2) is 21.8 Å². The molecule has 0 amide bonds. The van der Waals surface area contributed by atoms with E-state index in [2.05, 4.69) is 10.1 Å². The molecule has 3 aromatic carbocycles. The van der Waals surface area contributed by atoms with Gasteiger partial charge in [0.05, 0.1) is 12.1 Å². The Morgan fingerprint density at radius 1 is 0.943 bits per heavy atom. The third-order valence-corrected chi connectivity index (χ3v) is 5.28. The molecular formula is C28H26N2O5. The minimum absolute atomic E-state index is 0.0200. The van der Waals surface area contributed by atoms with Crippen molar-refractivity contribution in [2.24, 2.45) is 5.16 Å². The minimum atomic E-state index is -0.878. The number of oxazole rings is 1. The van der Waals surface area contributed by atoms with Gasteiger partial charge in [-0.2, -0.15) is 0 Å². The summed E-state index contributed by atoms with van der Waals surface area (Å²) in [5.74, 6) is 1.08. The second kappa shape index (κ2) is 11.7. The second-order valence-corrected chi connectivity index (χ2v) is 7.90. The zero-order valence-electron chi connectivity index (χ0n) is 19.4. The van der Waals surface area contributed by atoms with Crippen molar-refractivity contribution < 1.29 is 23.9 Å². The van der Waals surface area contributed by atoms with E-state index in [0.717, 1.165) is 22.4 Å². The van der Waals surface area contributed by atoms with E-state index in [9.17, 15) is 4.79 Å². The van der Waals surface area contributed by atoms with Crippen LogP contribution in [0.15, 0.2) is 94.5 Å². The first kappa shape index (κ1) is 23.8. The number of benzene rings is 3. The van der Waals surface area contributed by atoms with E-state index in [4.69, 9.17) is 19.1 Å². The van der Waals surface area contributed by atoms with Crippen molar-refractivity contribution in [1.29, 1.82) is 0 Å². The Morgan fingerprint density at radius 3 is 2.43 bits per heavy atom. The first-order chi connectivity index (χ1) is 17.1. The predicted molar refractivity (Wildman–Crippen MR) is 132 cm³/mol. The summed E-state index contributed by atoms with van der Waals surface area (Å²) in [6, 6.07) is 26.7. The van der Waals surface area contributed by atoms with Crippen LogP contribution in [0.5, 0.6) is 5.75 Å². The Morgan fingerprint density at radius 2 is 1.69 bits per heavy atom. The molecule has 0 aliphatic rings. The molecule has 0 radical (unpaired) electrons. The number of carboxylic acid groups (broad SMARTS) is 1. The molecule has 1 aromatic heterocycles. The quantitative estimate of drug-likeness (QED) is 0.213. The van der Waals surface area contributed by atoms with Crippen LogP contribution in [0, 0.1) is 6.92 Å². The SMILES string of the molecule is Cc1oc(-c2ccccc2)nc1COc1cccc(CO/N=C(/CCC(=O)O)c2ccccc2)c1. The number of hydrogen-bond donors (Lipinski definition) is 1. The summed E-state index contributed by atoms with van der Waals surface area (Å²) in [5, 5.41) is 13.3. The van der Waals surface area contributed by atoms with Gasteiger partial charge in [-0.1, -0.05) is 65.8 Å². The van der Waals surface area contributed by atoms with Crippen LogP contribution in [-0.2, 0) is 22.8 Å². The molecule has 4 aromatic rings. The summed E-state index contributed by atoms with van der Waals surface area (Å²) >= 11 is 0. The van der Waals surface area contributed by atoms with Crippen LogP contribution < -0.4 is 4.74 Å². The maximum Gasteiger partial charge on any atom is 0.303 e. The normalized spacial score (nSPS) is 11.3. The third-order valence-electron chi connectivity index (χ3n) is 5.28. The summed E-state index contributed by atoms with van der Waals surface area (Å²) in [6.45, 7) is 2.37. The average Bonchev–Trinajstić information content (AvgIpc) is 3.26. The van der Waals surface area contributed by atoms with Gasteiger partial charge in [0.1, 0.15) is 30.4 Å². The monoisotopic (exact) mass is 470 g/mol. The summed E-state index contributed by atoms with van der Waals surface area (Å²) in [6.07, 6.45) is 0.262. The molecule has 7 nitrogen and oxygen atoms in total. The maximum atomic E-state index is 11.0. The first-order valence-corrected chi connectivity index (χ1v) is 11.3. The van der Waals surface area contributed by atoms with Gasteiger partial charge in [-0.15, -0.1) is 0 Å². The van der Waals surface area contributed by atoms with E-state index in [0.29, 0.717) is 23.1 Å². The van der Waals surface area contributed by atoms with Crippen molar-refractivity contribution in [3.05, 3.63) is 108 Å². The van der Waals surface area contributed by atoms with Gasteiger partial charge < -0.3 is 19.1 Å². The number of ether oxygens (including phenoxy) is 1. The van der Waals surface area contributed by atoms with Crippen molar-refractivity contribution in [3.63, 3.8) is 0 Å². The Labute approximate surface area is 203 Å². The van der Waals surface area contributed by atoms with E-state index < -0.39 is 5.97 Å². The highest BCUT2D eigenvalue weighted by Crippen LogP contribution is 2.23. The first-order valence-electron chi connectivity index (χ1n) is 11.3. The Kier molecular flexibility index (Phi) is 7.91. The topological polar surface area (TPSA) is 94.2 Å². The minimum Gasteiger partial charge on any atom is -0.487 e. The number of hydrogen-bond acceptors (Lipinski definition) is 6. The van der Waals surface area contributed by atoms with Crippen LogP contribution in [0.4, 0.5) is 0 Å². The summed E-state index contributed by atoms with van der Waals surface area (Å²) in [4.78, 5) is 21.1. The molecule has 0 unspecified atom stereocenters. The van der Waals surface area contributed by atoms with Gasteiger partial charge in [0.25, 0.3) is 0 Å². The molecule has 0 saturated heterocycles. The van der Waals surface area contributed by atoms with E-state index in [1.165, 1.54) is 0 Å². The van der Waals surface area contributed by atoms with Crippen molar-refractivity contribution >= 4 is 11.7 Å². The van der Waals surface area contributed by atoms with Crippen LogP contribution in [0.25, 0.3) is 11.5 Å². The molecule has 0 fully saturated rings. The van der Waals surface area contributed by atoms with E-state index in [-0.39, 0.29) is 26.1 Å². The molecule has 4 rings (SSSR count). The fraction of sp³-hybridized carbons (Fsp3) is 0.179. The number of oxime groups is 1. The van der Waals surface area contributed by atoms with E-state index in [1.54, 1.807) is 0 Å². The van der Waals surface area contributed by atoms with Crippen LogP contribution in [0.2, 0.25) is 0 Å². The molecule has 0 aliphatic carbocycles. The fourth-order valence-corrected chi connectivity index (χ4v) is 3.43. The molecule has 0 saturated carbocycles. The highest BCUT2D eigenvalue weighted by Gasteiger charge is 2.12. The molecule has 1 heterocycles. The zero-order chi connectivity index (χ0) is 24.5. The number of carbonyl (C=O) groups is 1. The number of carboxylic acids is 1. The van der Waals surface area contributed by atoms with E-state index >= 15 is 0 Å². The highest BCUT2D eigenvalue weighted by molar-refractivity contribution is 6.01. The van der Waals surface area contributed by atoms with Crippen LogP contribution in [0.1, 0.15) is 35.4 Å². The van der Waals surface area contributed by atoms with Crippen molar-refractivity contribution in [1.82, 2.24) is 4.98 Å². The molecule has 0 aliphatic heterocycles. The lowest BCUT2D eigenvalue weighted by molar-refractivity contribution is -0.136. The molecule has 35 heavy (non-hydrogen) atoms. The molecule has 0 spiro atoms. The van der Waals surface area contributed by atoms with Crippen LogP contribution >= 0.6 is 0 Å². The van der Waals surface area contributed by atoms with Gasteiger partial charge in [-0.25, -0.2) is 4.98 Å². The van der Waals surface area contributed by atoms with E-state index in [1.807, 2.05) is 91.9 Å². The van der Waals surface area contributed by atoms with Gasteiger partial charge >= 0.3 is 5.97 Å². The average molecular weight is 471 g/mol. The number of nitrogens with zero attached hydrogens (tertiary/aromatic N) is 2. The Balaban J connectivity index is 1.37. The predicted octanol–water partition coefficient (Wildman–Crippen LogP) is 6.01. The summed E-state index contributed by atoms with van der Waals surface area (Å²) in [7, 11) is 0. The smallest absolute Gasteiger partial charge is 0.303 e. The Bertz CT molecular complexity index is 1280. The molecule has 7 heteroatoms. The molecule has 178 valence electrons. The lowest BCUT2D eigenvalue weighted by atomic mass is 10.1. The van der Waals surface area contributed by atoms with Gasteiger partial charge in [0.15, 0.2) is 0 Å². The van der Waals surface area contributed by atoms with Crippen molar-refractivity contribution in [2.75, 3.05) is 0 Å². The maximum absolute atomic E-state index is 11.0. The van der Waals surface area contributed by atoms with Crippen molar-refractivity contribution in [2.45, 2.75) is 33.0 Å². The number of aliphatic carboxylic acids is 1. The molecule has 0 bridgehead atoms. The third kappa shape index (κ3) is 6.80. The number of aromatic nitrogens is 1. The fourth-order valence-electron chi connectivity index (χ4n) is 3.43. The van der Waals surface area contributed by atoms with Gasteiger partial charge in [0.2, 0.25) is 5.89 Å². The van der Waals surface area contributed by atoms with Gasteiger partial charge in [-0.3, -0.25) is 4.79 Å². The van der Waals surface area contributed by atoms with Gasteiger partial charge in [-0.05, 0) is 42.3 Å². The largest absolute Gasteiger partial charge is 0.487 e. The lowest BCUT2D eigenvalue weighted by Gasteiger charge is -2.08. The van der Waals surface area contributed by atoms with Crippen LogP contribution in [0.3, 0.4) is 0 Å². The molecule has 0 atom stereocenters. The highest BCUT2D eigenvalue weighted by atomic mass is 16.6. The number of rotatable bonds is 11. The summed E-state index contributed by atoms with van der Waals surface area (Å²) < 4.78 is 11.7. The Hall–Kier alpha value is -4.39. The summed E-state index contributed by atoms with van der Waals surface area (Å²) in [5.41, 5.74) is 3.96. The van der Waals surface area contributed by atoms with Gasteiger partial charge in [0, 0.05) is 12.0 Å². The standard InChI is InChI=1S/C28H26N2O5/c1-20-26(29-28(35-20)23-12-6-3-7-13-23)19-33-24-14-8-9-21(17-24)18-34-30-25(15-16-27(31)32)22-10-4-2-5-11-22/h2-14,17H,15-16,18-19H2,1H3,(H,31,32)/b30-25-. The lowest BCUT2D eigenvalue weighted by Crippen LogP contribution is -2.06. The zero-order valence-corrected chi connectivity index (χ0v) is 19.4. The van der Waals surface area contributed by atoms with Crippen molar-refractivity contribution in [3.8, 4) is 17.2 Å².